The van der Waals surface area contributed by atoms with Gasteiger partial charge in [-0.25, -0.2) is 0 Å². The zero-order valence-corrected chi connectivity index (χ0v) is 12.8. The molecule has 2 N–H and O–H groups in total. The van der Waals surface area contributed by atoms with E-state index >= 15 is 0 Å². The van der Waals surface area contributed by atoms with Gasteiger partial charge in [0, 0.05) is 31.1 Å². The molecule has 0 aliphatic heterocycles. The predicted molar refractivity (Wildman–Crippen MR) is 86.1 cm³/mol. The fourth-order valence-electron chi connectivity index (χ4n) is 3.82. The third-order valence-electron chi connectivity index (χ3n) is 5.00. The van der Waals surface area contributed by atoms with E-state index in [1.807, 2.05) is 17.9 Å². The minimum absolute atomic E-state index is 0.122. The Balaban J connectivity index is 1.88. The second kappa shape index (κ2) is 6.02. The van der Waals surface area contributed by atoms with Crippen molar-refractivity contribution in [3.8, 4) is 0 Å². The summed E-state index contributed by atoms with van der Waals surface area (Å²) in [6.07, 6.45) is 9.16. The topological polar surface area (TPSA) is 43.8 Å². The van der Waals surface area contributed by atoms with Crippen LogP contribution in [-0.4, -0.2) is 15.8 Å². The van der Waals surface area contributed by atoms with Crippen LogP contribution in [0.5, 0.6) is 0 Å². The normalized spacial score (nSPS) is 19.3. The Kier molecular flexibility index (Phi) is 4.11. The monoisotopic (exact) mass is 283 g/mol. The minimum Gasteiger partial charge on any atom is -0.327 e. The summed E-state index contributed by atoms with van der Waals surface area (Å²) in [5.41, 5.74) is 9.34. The van der Waals surface area contributed by atoms with Crippen molar-refractivity contribution < 1.29 is 0 Å². The first-order valence-corrected chi connectivity index (χ1v) is 8.00. The summed E-state index contributed by atoms with van der Waals surface area (Å²) in [6, 6.07) is 13.1. The van der Waals surface area contributed by atoms with Crippen LogP contribution in [-0.2, 0) is 18.9 Å². The molecule has 1 aliphatic carbocycles. The summed E-state index contributed by atoms with van der Waals surface area (Å²) in [5.74, 6) is 0. The van der Waals surface area contributed by atoms with Gasteiger partial charge in [-0.05, 0) is 24.5 Å². The molecule has 3 heteroatoms. The highest BCUT2D eigenvalue weighted by Gasteiger charge is 2.39. The largest absolute Gasteiger partial charge is 0.327 e. The molecule has 2 aromatic rings. The molecule has 0 spiro atoms. The van der Waals surface area contributed by atoms with Crippen molar-refractivity contribution in [2.75, 3.05) is 0 Å². The SMILES string of the molecule is Cn1ccc(CC(N)C2(c3ccccc3)CCCCC2)n1. The van der Waals surface area contributed by atoms with Crippen molar-refractivity contribution in [3.63, 3.8) is 0 Å². The lowest BCUT2D eigenvalue weighted by atomic mass is 9.64. The zero-order valence-electron chi connectivity index (χ0n) is 12.8. The Morgan fingerprint density at radius 1 is 1.14 bits per heavy atom. The van der Waals surface area contributed by atoms with Crippen molar-refractivity contribution in [2.24, 2.45) is 12.8 Å². The number of hydrogen-bond acceptors (Lipinski definition) is 2. The fourth-order valence-corrected chi connectivity index (χ4v) is 3.82. The van der Waals surface area contributed by atoms with Crippen LogP contribution >= 0.6 is 0 Å². The summed E-state index contributed by atoms with van der Waals surface area (Å²) < 4.78 is 1.86. The van der Waals surface area contributed by atoms with Crippen LogP contribution in [0.4, 0.5) is 0 Å². The van der Waals surface area contributed by atoms with Crippen molar-refractivity contribution in [3.05, 3.63) is 53.9 Å². The minimum atomic E-state index is 0.122. The number of benzene rings is 1. The van der Waals surface area contributed by atoms with E-state index in [9.17, 15) is 0 Å². The average Bonchev–Trinajstić information content (AvgIpc) is 2.94. The van der Waals surface area contributed by atoms with Crippen molar-refractivity contribution in [1.29, 1.82) is 0 Å². The highest BCUT2D eigenvalue weighted by atomic mass is 15.2. The first-order valence-electron chi connectivity index (χ1n) is 8.00. The summed E-state index contributed by atoms with van der Waals surface area (Å²) >= 11 is 0. The maximum absolute atomic E-state index is 6.71. The lowest BCUT2D eigenvalue weighted by Gasteiger charge is -2.42. The summed E-state index contributed by atoms with van der Waals surface area (Å²) in [5, 5.41) is 4.51. The maximum atomic E-state index is 6.71. The molecule has 21 heavy (non-hydrogen) atoms. The molecule has 112 valence electrons. The molecule has 0 bridgehead atoms. The fraction of sp³-hybridized carbons (Fsp3) is 0.500. The number of aromatic nitrogens is 2. The first-order chi connectivity index (χ1) is 10.2. The van der Waals surface area contributed by atoms with Gasteiger partial charge in [0.25, 0.3) is 0 Å². The van der Waals surface area contributed by atoms with Crippen molar-refractivity contribution in [1.82, 2.24) is 9.78 Å². The molecule has 1 aliphatic rings. The molecule has 1 fully saturated rings. The molecule has 0 amide bonds. The lowest BCUT2D eigenvalue weighted by Crippen LogP contribution is -2.48. The van der Waals surface area contributed by atoms with Crippen LogP contribution in [0.1, 0.15) is 43.4 Å². The van der Waals surface area contributed by atoms with Gasteiger partial charge in [-0.1, -0.05) is 49.6 Å². The standard InChI is InChI=1S/C18H25N3/c1-21-13-10-16(20-21)14-17(19)18(11-6-3-7-12-18)15-8-4-2-5-9-15/h2,4-5,8-10,13,17H,3,6-7,11-12,14,19H2,1H3. The van der Waals surface area contributed by atoms with Gasteiger partial charge in [-0.15, -0.1) is 0 Å². The van der Waals surface area contributed by atoms with Gasteiger partial charge in [0.05, 0.1) is 5.69 Å². The second-order valence-corrected chi connectivity index (χ2v) is 6.37. The van der Waals surface area contributed by atoms with E-state index in [1.165, 1.54) is 37.7 Å². The molecule has 1 saturated carbocycles. The molecule has 0 radical (unpaired) electrons. The lowest BCUT2D eigenvalue weighted by molar-refractivity contribution is 0.240. The van der Waals surface area contributed by atoms with Crippen LogP contribution in [0.25, 0.3) is 0 Å². The first kappa shape index (κ1) is 14.3. The van der Waals surface area contributed by atoms with Crippen molar-refractivity contribution >= 4 is 0 Å². The summed E-state index contributed by atoms with van der Waals surface area (Å²) in [4.78, 5) is 0. The molecular weight excluding hydrogens is 258 g/mol. The van der Waals surface area contributed by atoms with E-state index < -0.39 is 0 Å². The summed E-state index contributed by atoms with van der Waals surface area (Å²) in [7, 11) is 1.96. The highest BCUT2D eigenvalue weighted by Crippen LogP contribution is 2.42. The molecule has 1 aromatic heterocycles. The van der Waals surface area contributed by atoms with Gasteiger partial charge in [0.1, 0.15) is 0 Å². The number of hydrogen-bond donors (Lipinski definition) is 1. The van der Waals surface area contributed by atoms with E-state index in [4.69, 9.17) is 5.73 Å². The van der Waals surface area contributed by atoms with Gasteiger partial charge >= 0.3 is 0 Å². The van der Waals surface area contributed by atoms with Gasteiger partial charge in [0.15, 0.2) is 0 Å². The number of aryl methyl sites for hydroxylation is 1. The van der Waals surface area contributed by atoms with E-state index in [2.05, 4.69) is 41.5 Å². The number of nitrogens with zero attached hydrogens (tertiary/aromatic N) is 2. The molecular formula is C18H25N3. The number of rotatable bonds is 4. The molecule has 1 heterocycles. The van der Waals surface area contributed by atoms with Crippen LogP contribution in [0.3, 0.4) is 0 Å². The predicted octanol–water partition coefficient (Wildman–Crippen LogP) is 3.19. The Morgan fingerprint density at radius 2 is 1.86 bits per heavy atom. The highest BCUT2D eigenvalue weighted by molar-refractivity contribution is 5.29. The molecule has 1 unspecified atom stereocenters. The van der Waals surface area contributed by atoms with Crippen LogP contribution < -0.4 is 5.73 Å². The molecule has 3 rings (SSSR count). The van der Waals surface area contributed by atoms with Crippen LogP contribution in [0.2, 0.25) is 0 Å². The van der Waals surface area contributed by atoms with Gasteiger partial charge in [-0.3, -0.25) is 4.68 Å². The smallest absolute Gasteiger partial charge is 0.0640 e. The molecule has 1 atom stereocenters. The maximum Gasteiger partial charge on any atom is 0.0640 e. The Hall–Kier alpha value is -1.61. The van der Waals surface area contributed by atoms with Crippen LogP contribution in [0, 0.1) is 0 Å². The van der Waals surface area contributed by atoms with E-state index in [0.29, 0.717) is 0 Å². The Morgan fingerprint density at radius 3 is 2.48 bits per heavy atom. The zero-order chi connectivity index (χ0) is 14.7. The third kappa shape index (κ3) is 2.88. The number of nitrogens with two attached hydrogens (primary N) is 1. The second-order valence-electron chi connectivity index (χ2n) is 6.37. The average molecular weight is 283 g/mol. The van der Waals surface area contributed by atoms with Crippen molar-refractivity contribution in [2.45, 2.75) is 50.0 Å². The van der Waals surface area contributed by atoms with Gasteiger partial charge in [0.2, 0.25) is 0 Å². The quantitative estimate of drug-likeness (QED) is 0.936. The Labute approximate surface area is 127 Å². The van der Waals surface area contributed by atoms with E-state index in [1.54, 1.807) is 0 Å². The van der Waals surface area contributed by atoms with E-state index in [-0.39, 0.29) is 11.5 Å². The molecule has 3 nitrogen and oxygen atoms in total. The molecule has 0 saturated heterocycles. The third-order valence-corrected chi connectivity index (χ3v) is 5.00. The van der Waals surface area contributed by atoms with Gasteiger partial charge < -0.3 is 5.73 Å². The van der Waals surface area contributed by atoms with Crippen LogP contribution in [0.15, 0.2) is 42.6 Å². The Bertz CT molecular complexity index is 567. The summed E-state index contributed by atoms with van der Waals surface area (Å²) in [6.45, 7) is 0. The van der Waals surface area contributed by atoms with E-state index in [0.717, 1.165) is 12.1 Å². The van der Waals surface area contributed by atoms with Gasteiger partial charge in [-0.2, -0.15) is 5.10 Å². The molecule has 1 aromatic carbocycles.